The smallest absolute Gasteiger partial charge is 0.239 e. The average molecular weight is 285 g/mol. The van der Waals surface area contributed by atoms with Crippen molar-refractivity contribution in [3.63, 3.8) is 0 Å². The van der Waals surface area contributed by atoms with Gasteiger partial charge in [-0.3, -0.25) is 4.79 Å². The van der Waals surface area contributed by atoms with Gasteiger partial charge >= 0.3 is 0 Å². The molecule has 1 heterocycles. The third-order valence-electron chi connectivity index (χ3n) is 3.42. The Morgan fingerprint density at radius 3 is 2.74 bits per heavy atom. The quantitative estimate of drug-likeness (QED) is 0.905. The second-order valence-corrected chi connectivity index (χ2v) is 4.76. The van der Waals surface area contributed by atoms with E-state index in [1.165, 1.54) is 0 Å². The summed E-state index contributed by atoms with van der Waals surface area (Å²) in [6.45, 7) is 1.36. The van der Waals surface area contributed by atoms with Gasteiger partial charge in [0.25, 0.3) is 0 Å². The molecule has 1 saturated heterocycles. The third-order valence-corrected chi connectivity index (χ3v) is 3.42. The van der Waals surface area contributed by atoms with Gasteiger partial charge in [0.15, 0.2) is 0 Å². The van der Waals surface area contributed by atoms with Crippen molar-refractivity contribution in [2.75, 3.05) is 20.3 Å². The SMILES string of the molecule is CN(C(=O)[C@@H](N)Cc1ccccc1)C1CCOC1.Cl. The first-order valence-electron chi connectivity index (χ1n) is 6.32. The summed E-state index contributed by atoms with van der Waals surface area (Å²) in [7, 11) is 1.81. The number of rotatable bonds is 4. The zero-order valence-electron chi connectivity index (χ0n) is 11.1. The molecule has 2 atom stereocenters. The summed E-state index contributed by atoms with van der Waals surface area (Å²) in [5, 5.41) is 0. The number of halogens is 1. The van der Waals surface area contributed by atoms with Gasteiger partial charge in [-0.2, -0.15) is 0 Å². The summed E-state index contributed by atoms with van der Waals surface area (Å²) in [6, 6.07) is 9.57. The predicted molar refractivity (Wildman–Crippen MR) is 77.4 cm³/mol. The molecule has 0 spiro atoms. The van der Waals surface area contributed by atoms with Crippen LogP contribution in [0.1, 0.15) is 12.0 Å². The fourth-order valence-corrected chi connectivity index (χ4v) is 2.22. The molecule has 19 heavy (non-hydrogen) atoms. The molecule has 4 nitrogen and oxygen atoms in total. The Morgan fingerprint density at radius 1 is 1.47 bits per heavy atom. The minimum absolute atomic E-state index is 0. The lowest BCUT2D eigenvalue weighted by molar-refractivity contribution is -0.133. The number of amides is 1. The van der Waals surface area contributed by atoms with E-state index in [1.54, 1.807) is 4.90 Å². The Hall–Kier alpha value is -1.10. The van der Waals surface area contributed by atoms with Crippen LogP contribution in [-0.2, 0) is 16.0 Å². The molecule has 1 aromatic rings. The molecule has 106 valence electrons. The van der Waals surface area contributed by atoms with E-state index < -0.39 is 6.04 Å². The molecular weight excluding hydrogens is 264 g/mol. The molecule has 1 unspecified atom stereocenters. The highest BCUT2D eigenvalue weighted by atomic mass is 35.5. The molecule has 0 aliphatic carbocycles. The van der Waals surface area contributed by atoms with Crippen LogP contribution < -0.4 is 5.73 Å². The Bertz CT molecular complexity index is 394. The lowest BCUT2D eigenvalue weighted by atomic mass is 10.0. The summed E-state index contributed by atoms with van der Waals surface area (Å²) in [5.74, 6) is -0.00523. The van der Waals surface area contributed by atoms with Gasteiger partial charge < -0.3 is 15.4 Å². The van der Waals surface area contributed by atoms with Gasteiger partial charge in [0.2, 0.25) is 5.91 Å². The molecule has 2 rings (SSSR count). The third kappa shape index (κ3) is 4.20. The Kier molecular flexibility index (Phi) is 6.28. The van der Waals surface area contributed by atoms with Crippen molar-refractivity contribution in [2.45, 2.75) is 24.9 Å². The number of nitrogens with zero attached hydrogens (tertiary/aromatic N) is 1. The van der Waals surface area contributed by atoms with Crippen molar-refractivity contribution in [1.29, 1.82) is 0 Å². The van der Waals surface area contributed by atoms with Crippen LogP contribution in [0.15, 0.2) is 30.3 Å². The molecule has 1 amide bonds. The molecule has 5 heteroatoms. The van der Waals surface area contributed by atoms with Crippen LogP contribution in [0.4, 0.5) is 0 Å². The van der Waals surface area contributed by atoms with Crippen LogP contribution in [0.5, 0.6) is 0 Å². The topological polar surface area (TPSA) is 55.6 Å². The minimum Gasteiger partial charge on any atom is -0.379 e. The number of ether oxygens (including phenoxy) is 1. The number of nitrogens with two attached hydrogens (primary N) is 1. The molecule has 1 aliphatic rings. The summed E-state index contributed by atoms with van der Waals surface area (Å²) >= 11 is 0. The highest BCUT2D eigenvalue weighted by molar-refractivity contribution is 5.85. The molecule has 0 radical (unpaired) electrons. The normalized spacial score (nSPS) is 19.6. The molecule has 1 aliphatic heterocycles. The van der Waals surface area contributed by atoms with Crippen molar-refractivity contribution in [2.24, 2.45) is 5.73 Å². The van der Waals surface area contributed by atoms with E-state index in [4.69, 9.17) is 10.5 Å². The standard InChI is InChI=1S/C14H20N2O2.ClH/c1-16(12-7-8-18-10-12)14(17)13(15)9-11-5-3-2-4-6-11;/h2-6,12-13H,7-10,15H2,1H3;1H/t12?,13-;/m0./s1. The maximum Gasteiger partial charge on any atom is 0.239 e. The van der Waals surface area contributed by atoms with Crippen LogP contribution in [0, 0.1) is 0 Å². The van der Waals surface area contributed by atoms with Gasteiger partial charge in [-0.25, -0.2) is 0 Å². The second kappa shape index (κ2) is 7.48. The molecule has 2 N–H and O–H groups in total. The Balaban J connectivity index is 0.00000180. The van der Waals surface area contributed by atoms with Gasteiger partial charge in [0.1, 0.15) is 0 Å². The minimum atomic E-state index is -0.474. The van der Waals surface area contributed by atoms with Crippen LogP contribution in [-0.4, -0.2) is 43.2 Å². The highest BCUT2D eigenvalue weighted by Crippen LogP contribution is 2.12. The zero-order chi connectivity index (χ0) is 13.0. The Morgan fingerprint density at radius 2 is 2.16 bits per heavy atom. The summed E-state index contributed by atoms with van der Waals surface area (Å²) in [5.41, 5.74) is 7.08. The maximum absolute atomic E-state index is 12.2. The van der Waals surface area contributed by atoms with Crippen LogP contribution in [0.3, 0.4) is 0 Å². The fourth-order valence-electron chi connectivity index (χ4n) is 2.22. The monoisotopic (exact) mass is 284 g/mol. The van der Waals surface area contributed by atoms with Gasteiger partial charge in [0.05, 0.1) is 18.7 Å². The lowest BCUT2D eigenvalue weighted by Gasteiger charge is -2.26. The van der Waals surface area contributed by atoms with E-state index in [0.29, 0.717) is 13.0 Å². The largest absolute Gasteiger partial charge is 0.379 e. The Labute approximate surface area is 120 Å². The van der Waals surface area contributed by atoms with E-state index in [9.17, 15) is 4.79 Å². The molecule has 0 saturated carbocycles. The molecule has 0 aromatic heterocycles. The fraction of sp³-hybridized carbons (Fsp3) is 0.500. The molecule has 1 fully saturated rings. The number of hydrogen-bond donors (Lipinski definition) is 1. The summed E-state index contributed by atoms with van der Waals surface area (Å²) in [4.78, 5) is 13.9. The zero-order valence-corrected chi connectivity index (χ0v) is 11.9. The molecule has 0 bridgehead atoms. The highest BCUT2D eigenvalue weighted by Gasteiger charge is 2.27. The van der Waals surface area contributed by atoms with Gasteiger partial charge in [-0.15, -0.1) is 12.4 Å². The van der Waals surface area contributed by atoms with E-state index in [-0.39, 0.29) is 24.4 Å². The molecular formula is C14H21ClN2O2. The van der Waals surface area contributed by atoms with E-state index in [1.807, 2.05) is 37.4 Å². The van der Waals surface area contributed by atoms with E-state index in [2.05, 4.69) is 0 Å². The van der Waals surface area contributed by atoms with Crippen molar-refractivity contribution >= 4 is 18.3 Å². The van der Waals surface area contributed by atoms with Crippen LogP contribution in [0.2, 0.25) is 0 Å². The summed E-state index contributed by atoms with van der Waals surface area (Å²) in [6.07, 6.45) is 1.48. The maximum atomic E-state index is 12.2. The van der Waals surface area contributed by atoms with Crippen molar-refractivity contribution < 1.29 is 9.53 Å². The predicted octanol–water partition coefficient (Wildman–Crippen LogP) is 1.23. The van der Waals surface area contributed by atoms with Crippen LogP contribution >= 0.6 is 12.4 Å². The first kappa shape index (κ1) is 16.0. The second-order valence-electron chi connectivity index (χ2n) is 4.76. The van der Waals surface area contributed by atoms with Crippen molar-refractivity contribution in [1.82, 2.24) is 4.90 Å². The number of benzene rings is 1. The summed E-state index contributed by atoms with van der Waals surface area (Å²) < 4.78 is 5.29. The van der Waals surface area contributed by atoms with E-state index in [0.717, 1.165) is 18.6 Å². The number of hydrogen-bond acceptors (Lipinski definition) is 3. The average Bonchev–Trinajstić information content (AvgIpc) is 2.92. The lowest BCUT2D eigenvalue weighted by Crippen LogP contribution is -2.47. The first-order valence-corrected chi connectivity index (χ1v) is 6.32. The number of likely N-dealkylation sites (N-methyl/N-ethyl adjacent to an activating group) is 1. The van der Waals surface area contributed by atoms with Gasteiger partial charge in [0, 0.05) is 13.7 Å². The van der Waals surface area contributed by atoms with E-state index >= 15 is 0 Å². The molecule has 1 aromatic carbocycles. The van der Waals surface area contributed by atoms with Gasteiger partial charge in [-0.05, 0) is 18.4 Å². The number of carbonyl (C=O) groups excluding carboxylic acids is 1. The number of carbonyl (C=O) groups is 1. The van der Waals surface area contributed by atoms with Crippen LogP contribution in [0.25, 0.3) is 0 Å². The van der Waals surface area contributed by atoms with Crippen molar-refractivity contribution in [3.05, 3.63) is 35.9 Å². The van der Waals surface area contributed by atoms with Gasteiger partial charge in [-0.1, -0.05) is 30.3 Å². The first-order chi connectivity index (χ1) is 8.68. The van der Waals surface area contributed by atoms with Crippen molar-refractivity contribution in [3.8, 4) is 0 Å².